The van der Waals surface area contributed by atoms with E-state index in [0.29, 0.717) is 17.2 Å². The van der Waals surface area contributed by atoms with Crippen LogP contribution in [0.15, 0.2) is 18.2 Å². The van der Waals surface area contributed by atoms with Crippen LogP contribution in [0.25, 0.3) is 5.41 Å². The molecule has 0 saturated heterocycles. The molecule has 0 aliphatic rings. The van der Waals surface area contributed by atoms with E-state index in [0.717, 1.165) is 0 Å². The number of hydrogen-bond acceptors (Lipinski definition) is 6. The minimum atomic E-state index is -0.817. The molecule has 0 heterocycles. The molecule has 1 aromatic rings. The van der Waals surface area contributed by atoms with E-state index in [1.54, 1.807) is 6.07 Å². The summed E-state index contributed by atoms with van der Waals surface area (Å²) in [6.45, 7) is 1.39. The molecule has 0 aromatic heterocycles. The van der Waals surface area contributed by atoms with Crippen molar-refractivity contribution in [2.45, 2.75) is 19.4 Å². The zero-order chi connectivity index (χ0) is 15.7. The lowest BCUT2D eigenvalue weighted by molar-refractivity contribution is -0.142. The number of Topliss-reactive ketones (excluding diaryl/α,β-unsaturated/α-hetero) is 1. The number of ketones is 1. The highest BCUT2D eigenvalue weighted by molar-refractivity contribution is 5.96. The summed E-state index contributed by atoms with van der Waals surface area (Å²) in [5.74, 6) is -0.717. The number of esters is 1. The first kappa shape index (κ1) is 17.5. The molecule has 0 bridgehead atoms. The molecule has 1 atom stereocenters. The van der Waals surface area contributed by atoms with Crippen LogP contribution in [0.1, 0.15) is 22.8 Å². The molecule has 20 heavy (non-hydrogen) atoms. The number of ether oxygens (including phenoxy) is 1. The fraction of sp³-hybridized carbons (Fsp3) is 0.308. The molecule has 3 N–H and O–H groups in total. The van der Waals surface area contributed by atoms with Crippen LogP contribution >= 0.6 is 0 Å². The Labute approximate surface area is 115 Å². The highest BCUT2D eigenvalue weighted by Crippen LogP contribution is 2.18. The zero-order valence-corrected chi connectivity index (χ0v) is 11.1. The van der Waals surface area contributed by atoms with Gasteiger partial charge in [0.05, 0.1) is 7.11 Å². The fourth-order valence-corrected chi connectivity index (χ4v) is 1.54. The number of hydrogen-bond donors (Lipinski definition) is 2. The van der Waals surface area contributed by atoms with Crippen LogP contribution in [0, 0.1) is 0 Å². The van der Waals surface area contributed by atoms with Crippen molar-refractivity contribution in [1.29, 1.82) is 0 Å². The van der Waals surface area contributed by atoms with Crippen molar-refractivity contribution in [1.82, 2.24) is 0 Å². The van der Waals surface area contributed by atoms with Crippen molar-refractivity contribution in [2.24, 2.45) is 5.73 Å². The third-order valence-electron chi connectivity index (χ3n) is 2.42. The second kappa shape index (κ2) is 8.58. The molecule has 7 nitrogen and oxygen atoms in total. The van der Waals surface area contributed by atoms with Crippen LogP contribution in [0.4, 0.5) is 0 Å². The van der Waals surface area contributed by atoms with E-state index in [9.17, 15) is 14.7 Å². The molecule has 1 aromatic carbocycles. The first-order chi connectivity index (χ1) is 9.37. The monoisotopic (exact) mass is 279 g/mol. The van der Waals surface area contributed by atoms with E-state index in [1.165, 1.54) is 26.2 Å². The predicted molar refractivity (Wildman–Crippen MR) is 70.9 cm³/mol. The molecule has 0 unspecified atom stereocenters. The summed E-state index contributed by atoms with van der Waals surface area (Å²) >= 11 is 0. The van der Waals surface area contributed by atoms with Gasteiger partial charge in [0.25, 0.3) is 0 Å². The van der Waals surface area contributed by atoms with Crippen molar-refractivity contribution < 1.29 is 24.2 Å². The normalized spacial score (nSPS) is 10.6. The van der Waals surface area contributed by atoms with Gasteiger partial charge in [0, 0.05) is 5.56 Å². The summed E-state index contributed by atoms with van der Waals surface area (Å²) in [6.07, 6.45) is 0.696. The molecule has 0 aliphatic heterocycles. The molecule has 7 heteroatoms. The first-order valence-electron chi connectivity index (χ1n) is 5.54. The number of nitrogens with zero attached hydrogens (tertiary/aromatic N) is 1. The third kappa shape index (κ3) is 5.43. The average Bonchev–Trinajstić information content (AvgIpc) is 2.40. The van der Waals surface area contributed by atoms with Crippen molar-refractivity contribution in [3.63, 3.8) is 0 Å². The maximum absolute atomic E-state index is 11.4. The number of carbonyl (C=O) groups excluding carboxylic acids is 3. The number of phenolic OH excluding ortho intramolecular Hbond substituents is 1. The lowest BCUT2D eigenvalue weighted by Gasteiger charge is -2.12. The summed E-state index contributed by atoms with van der Waals surface area (Å²) in [4.78, 5) is 30.8. The lowest BCUT2D eigenvalue weighted by Crippen LogP contribution is -2.34. The average molecular weight is 279 g/mol. The number of benzene rings is 1. The molecule has 0 saturated carbocycles. The van der Waals surface area contributed by atoms with E-state index in [-0.39, 0.29) is 18.0 Å². The van der Waals surface area contributed by atoms with Crippen LogP contribution in [-0.2, 0) is 20.7 Å². The van der Waals surface area contributed by atoms with Crippen LogP contribution in [-0.4, -0.2) is 36.1 Å². The Morgan fingerprint density at radius 1 is 1.50 bits per heavy atom. The zero-order valence-electron chi connectivity index (χ0n) is 11.1. The molecule has 1 rings (SSSR count). The Bertz CT molecular complexity index is 521. The summed E-state index contributed by atoms with van der Waals surface area (Å²) in [6, 6.07) is 3.57. The minimum Gasteiger partial charge on any atom is -0.724 e. The molecule has 0 amide bonds. The number of methoxy groups -OCH3 is 1. The van der Waals surface area contributed by atoms with Gasteiger partial charge >= 0.3 is 5.97 Å². The highest BCUT2D eigenvalue weighted by atomic mass is 16.5. The fourth-order valence-electron chi connectivity index (χ4n) is 1.54. The Kier molecular flexibility index (Phi) is 7.50. The molecule has 108 valence electrons. The van der Waals surface area contributed by atoms with Crippen molar-refractivity contribution in [3.05, 3.63) is 34.7 Å². The van der Waals surface area contributed by atoms with Crippen molar-refractivity contribution in [3.8, 4) is 5.75 Å². The number of nitrogens with two attached hydrogens (primary N) is 1. The predicted octanol–water partition coefficient (Wildman–Crippen LogP) is 0.529. The first-order valence-corrected chi connectivity index (χ1v) is 5.54. The minimum absolute atomic E-state index is 0.00518. The van der Waals surface area contributed by atoms with E-state index < -0.39 is 12.0 Å². The number of isocyanates is 1. The quantitative estimate of drug-likeness (QED) is 0.358. The van der Waals surface area contributed by atoms with Gasteiger partial charge in [0.1, 0.15) is 11.8 Å². The van der Waals surface area contributed by atoms with Crippen LogP contribution in [0.5, 0.6) is 5.75 Å². The summed E-state index contributed by atoms with van der Waals surface area (Å²) in [7, 11) is 1.25. The van der Waals surface area contributed by atoms with Crippen LogP contribution in [0.2, 0.25) is 0 Å². The number of carbonyl (C=O) groups is 2. The Hall–Kier alpha value is -2.50. The van der Waals surface area contributed by atoms with Gasteiger partial charge in [-0.15, -0.1) is 0 Å². The smallest absolute Gasteiger partial charge is 0.322 e. The third-order valence-corrected chi connectivity index (χ3v) is 2.42. The van der Waals surface area contributed by atoms with Crippen LogP contribution in [0.3, 0.4) is 0 Å². The second-order valence-electron chi connectivity index (χ2n) is 3.82. The van der Waals surface area contributed by atoms with Crippen LogP contribution < -0.4 is 5.73 Å². The van der Waals surface area contributed by atoms with E-state index in [2.05, 4.69) is 4.74 Å². The van der Waals surface area contributed by atoms with E-state index >= 15 is 0 Å². The molecule has 0 radical (unpaired) electrons. The molecular weight excluding hydrogens is 264 g/mol. The molecule has 0 aliphatic carbocycles. The maximum atomic E-state index is 11.4. The van der Waals surface area contributed by atoms with E-state index in [1.807, 2.05) is 0 Å². The molecular formula is C13H15N2O5-. The summed E-state index contributed by atoms with van der Waals surface area (Å²) in [5.41, 5.74) is 6.60. The van der Waals surface area contributed by atoms with Gasteiger partial charge in [-0.2, -0.15) is 0 Å². The van der Waals surface area contributed by atoms with Gasteiger partial charge in [-0.3, -0.25) is 14.4 Å². The largest absolute Gasteiger partial charge is 0.724 e. The van der Waals surface area contributed by atoms with Gasteiger partial charge in [-0.05, 0) is 37.1 Å². The summed E-state index contributed by atoms with van der Waals surface area (Å²) < 4.78 is 4.51. The van der Waals surface area contributed by atoms with Gasteiger partial charge in [0.15, 0.2) is 5.78 Å². The Morgan fingerprint density at radius 2 is 2.05 bits per heavy atom. The SMILES string of the molecule is COC(=O)[C@@H](N)Cc1ccc(O)cc1C(C)=O.[N-]=C=O. The Morgan fingerprint density at radius 3 is 2.50 bits per heavy atom. The van der Waals surface area contributed by atoms with E-state index in [4.69, 9.17) is 15.9 Å². The van der Waals surface area contributed by atoms with Gasteiger partial charge in [0.2, 0.25) is 0 Å². The number of rotatable bonds is 4. The summed E-state index contributed by atoms with van der Waals surface area (Å²) in [5, 5.41) is 16.1. The molecule has 0 fully saturated rings. The van der Waals surface area contributed by atoms with Gasteiger partial charge in [-0.1, -0.05) is 6.07 Å². The highest BCUT2D eigenvalue weighted by Gasteiger charge is 2.17. The standard InChI is InChI=1S/C12H15NO4.CNO/c1-7(14)10-6-9(15)4-3-8(10)5-11(13)12(16)17-2;2-1-3/h3-4,6,11,15H,5,13H2,1-2H3;/q;-1/t11-;/m0./s1. The number of aromatic hydroxyl groups is 1. The number of phenols is 1. The lowest BCUT2D eigenvalue weighted by atomic mass is 9.98. The topological polar surface area (TPSA) is 129 Å². The molecule has 0 spiro atoms. The maximum Gasteiger partial charge on any atom is 0.322 e. The Balaban J connectivity index is 0.00000110. The van der Waals surface area contributed by atoms with Gasteiger partial charge < -0.3 is 21.0 Å². The van der Waals surface area contributed by atoms with Crippen molar-refractivity contribution in [2.75, 3.05) is 7.11 Å². The second-order valence-corrected chi connectivity index (χ2v) is 3.82. The van der Waals surface area contributed by atoms with Gasteiger partial charge in [-0.25, -0.2) is 0 Å². The van der Waals surface area contributed by atoms with Crippen molar-refractivity contribution >= 4 is 17.8 Å².